The van der Waals surface area contributed by atoms with Gasteiger partial charge < -0.3 is 4.57 Å². The van der Waals surface area contributed by atoms with Crippen molar-refractivity contribution in [2.24, 2.45) is 7.05 Å². The standard InChI is InChI=1S/C19H19N3/c1-12-8-7-9-13(2)17(12)22-16-11-6-5-10-15(16)18-19(22)20-14(3)21(18)4/h5-11H,1-4H3. The minimum atomic E-state index is 1.04. The summed E-state index contributed by atoms with van der Waals surface area (Å²) in [7, 11) is 2.09. The Hall–Kier alpha value is -2.55. The lowest BCUT2D eigenvalue weighted by Crippen LogP contribution is -2.00. The molecule has 0 radical (unpaired) electrons. The largest absolute Gasteiger partial charge is 0.329 e. The summed E-state index contributed by atoms with van der Waals surface area (Å²) in [5, 5.41) is 1.25. The fourth-order valence-electron chi connectivity index (χ4n) is 3.42. The molecule has 2 aromatic heterocycles. The van der Waals surface area contributed by atoms with Crippen molar-refractivity contribution in [3.8, 4) is 5.69 Å². The first-order valence-electron chi connectivity index (χ1n) is 7.58. The molecule has 0 saturated heterocycles. The Balaban J connectivity index is 2.28. The molecule has 0 aliphatic heterocycles. The first-order valence-corrected chi connectivity index (χ1v) is 7.58. The monoisotopic (exact) mass is 289 g/mol. The van der Waals surface area contributed by atoms with Gasteiger partial charge in [0.25, 0.3) is 0 Å². The fraction of sp³-hybridized carbons (Fsp3) is 0.211. The third kappa shape index (κ3) is 1.59. The second kappa shape index (κ2) is 4.47. The highest BCUT2D eigenvalue weighted by Gasteiger charge is 2.19. The van der Waals surface area contributed by atoms with Gasteiger partial charge in [-0.15, -0.1) is 0 Å². The Morgan fingerprint density at radius 1 is 0.864 bits per heavy atom. The Morgan fingerprint density at radius 3 is 2.27 bits per heavy atom. The van der Waals surface area contributed by atoms with Crippen molar-refractivity contribution in [3.63, 3.8) is 0 Å². The number of para-hydroxylation sites is 2. The first kappa shape index (κ1) is 13.1. The summed E-state index contributed by atoms with van der Waals surface area (Å²) in [6.45, 7) is 6.39. The highest BCUT2D eigenvalue weighted by Crippen LogP contribution is 2.33. The summed E-state index contributed by atoms with van der Waals surface area (Å²) in [5.41, 5.74) is 7.24. The van der Waals surface area contributed by atoms with E-state index in [4.69, 9.17) is 4.98 Å². The minimum absolute atomic E-state index is 1.04. The number of aromatic nitrogens is 3. The van der Waals surface area contributed by atoms with Gasteiger partial charge in [0.15, 0.2) is 5.65 Å². The molecule has 0 amide bonds. The summed E-state index contributed by atoms with van der Waals surface area (Å²) in [6.07, 6.45) is 0. The van der Waals surface area contributed by atoms with Gasteiger partial charge in [-0.05, 0) is 38.0 Å². The molecule has 0 atom stereocenters. The average molecular weight is 289 g/mol. The van der Waals surface area contributed by atoms with Gasteiger partial charge in [0.05, 0.1) is 16.7 Å². The van der Waals surface area contributed by atoms with Crippen LogP contribution >= 0.6 is 0 Å². The SMILES string of the molecule is Cc1cccc(C)c1-n1c2ccccc2c2c1nc(C)n2C. The number of fused-ring (bicyclic) bond motifs is 3. The molecular weight excluding hydrogens is 270 g/mol. The molecule has 0 saturated carbocycles. The molecule has 2 aromatic carbocycles. The van der Waals surface area contributed by atoms with Crippen molar-refractivity contribution >= 4 is 22.1 Å². The molecule has 4 aromatic rings. The maximum absolute atomic E-state index is 4.83. The zero-order chi connectivity index (χ0) is 15.4. The number of nitrogens with zero attached hydrogens (tertiary/aromatic N) is 3. The van der Waals surface area contributed by atoms with Crippen LogP contribution in [0, 0.1) is 20.8 Å². The Kier molecular flexibility index (Phi) is 2.67. The summed E-state index contributed by atoms with van der Waals surface area (Å²) in [6, 6.07) is 15.0. The van der Waals surface area contributed by atoms with Gasteiger partial charge in [-0.25, -0.2) is 4.98 Å². The van der Waals surface area contributed by atoms with Gasteiger partial charge in [0.2, 0.25) is 0 Å². The van der Waals surface area contributed by atoms with Crippen molar-refractivity contribution in [2.75, 3.05) is 0 Å². The van der Waals surface area contributed by atoms with Crippen molar-refractivity contribution in [3.05, 3.63) is 59.4 Å². The highest BCUT2D eigenvalue weighted by molar-refractivity contribution is 6.06. The van der Waals surface area contributed by atoms with Crippen molar-refractivity contribution < 1.29 is 0 Å². The van der Waals surface area contributed by atoms with Crippen LogP contribution in [0.3, 0.4) is 0 Å². The molecule has 4 rings (SSSR count). The van der Waals surface area contributed by atoms with E-state index in [1.165, 1.54) is 33.2 Å². The van der Waals surface area contributed by atoms with E-state index in [0.29, 0.717) is 0 Å². The van der Waals surface area contributed by atoms with Crippen LogP contribution in [0.4, 0.5) is 0 Å². The predicted molar refractivity (Wildman–Crippen MR) is 91.8 cm³/mol. The van der Waals surface area contributed by atoms with Crippen LogP contribution in [0.25, 0.3) is 27.8 Å². The van der Waals surface area contributed by atoms with E-state index in [2.05, 4.69) is 79.4 Å². The summed E-state index contributed by atoms with van der Waals surface area (Å²) < 4.78 is 4.49. The Labute approximate surface area is 129 Å². The van der Waals surface area contributed by atoms with Crippen molar-refractivity contribution in [1.82, 2.24) is 14.1 Å². The minimum Gasteiger partial charge on any atom is -0.329 e. The predicted octanol–water partition coefficient (Wildman–Crippen LogP) is 4.44. The van der Waals surface area contributed by atoms with Crippen LogP contribution in [-0.2, 0) is 7.05 Å². The quantitative estimate of drug-likeness (QED) is 0.508. The van der Waals surface area contributed by atoms with E-state index in [1.807, 2.05) is 0 Å². The molecule has 2 heterocycles. The van der Waals surface area contributed by atoms with Crippen molar-refractivity contribution in [2.45, 2.75) is 20.8 Å². The van der Waals surface area contributed by atoms with Gasteiger partial charge in [-0.3, -0.25) is 4.57 Å². The molecule has 0 aliphatic carbocycles. The van der Waals surface area contributed by atoms with Gasteiger partial charge in [0, 0.05) is 12.4 Å². The van der Waals surface area contributed by atoms with E-state index >= 15 is 0 Å². The first-order chi connectivity index (χ1) is 10.6. The highest BCUT2D eigenvalue weighted by atomic mass is 15.2. The average Bonchev–Trinajstić information content (AvgIpc) is 2.95. The molecule has 3 nitrogen and oxygen atoms in total. The molecule has 3 heteroatoms. The van der Waals surface area contributed by atoms with Crippen LogP contribution in [0.15, 0.2) is 42.5 Å². The zero-order valence-electron chi connectivity index (χ0n) is 13.4. The maximum Gasteiger partial charge on any atom is 0.164 e. The Morgan fingerprint density at radius 2 is 1.55 bits per heavy atom. The third-order valence-electron chi connectivity index (χ3n) is 4.58. The molecule has 0 N–H and O–H groups in total. The topological polar surface area (TPSA) is 22.8 Å². The van der Waals surface area contributed by atoms with Crippen LogP contribution < -0.4 is 0 Å². The smallest absolute Gasteiger partial charge is 0.164 e. The van der Waals surface area contributed by atoms with Crippen LogP contribution in [-0.4, -0.2) is 14.1 Å². The van der Waals surface area contributed by atoms with Crippen LogP contribution in [0.1, 0.15) is 17.0 Å². The molecule has 0 aliphatic rings. The van der Waals surface area contributed by atoms with Gasteiger partial charge >= 0.3 is 0 Å². The van der Waals surface area contributed by atoms with Crippen LogP contribution in [0.5, 0.6) is 0 Å². The Bertz CT molecular complexity index is 998. The summed E-state index contributed by atoms with van der Waals surface area (Å²) >= 11 is 0. The normalized spacial score (nSPS) is 11.6. The second-order valence-corrected chi connectivity index (χ2v) is 5.98. The molecule has 22 heavy (non-hydrogen) atoms. The number of aryl methyl sites for hydroxylation is 4. The maximum atomic E-state index is 4.83. The zero-order valence-corrected chi connectivity index (χ0v) is 13.4. The van der Waals surface area contributed by atoms with Gasteiger partial charge in [-0.2, -0.15) is 0 Å². The van der Waals surface area contributed by atoms with Gasteiger partial charge in [0.1, 0.15) is 5.82 Å². The van der Waals surface area contributed by atoms with E-state index in [-0.39, 0.29) is 0 Å². The van der Waals surface area contributed by atoms with Crippen LogP contribution in [0.2, 0.25) is 0 Å². The van der Waals surface area contributed by atoms with E-state index in [0.717, 1.165) is 11.5 Å². The lowest BCUT2D eigenvalue weighted by molar-refractivity contribution is 0.886. The molecular formula is C19H19N3. The third-order valence-corrected chi connectivity index (χ3v) is 4.58. The number of hydrogen-bond donors (Lipinski definition) is 0. The lowest BCUT2D eigenvalue weighted by Gasteiger charge is -2.12. The lowest BCUT2D eigenvalue weighted by atomic mass is 10.1. The number of benzene rings is 2. The number of hydrogen-bond acceptors (Lipinski definition) is 1. The molecule has 0 bridgehead atoms. The molecule has 0 unspecified atom stereocenters. The molecule has 0 fully saturated rings. The van der Waals surface area contributed by atoms with E-state index in [9.17, 15) is 0 Å². The summed E-state index contributed by atoms with van der Waals surface area (Å²) in [5.74, 6) is 1.04. The van der Waals surface area contributed by atoms with Gasteiger partial charge in [-0.1, -0.05) is 36.4 Å². The second-order valence-electron chi connectivity index (χ2n) is 5.98. The molecule has 0 spiro atoms. The molecule has 110 valence electrons. The van der Waals surface area contributed by atoms with E-state index in [1.54, 1.807) is 0 Å². The summed E-state index contributed by atoms with van der Waals surface area (Å²) in [4.78, 5) is 4.83. The van der Waals surface area contributed by atoms with E-state index < -0.39 is 0 Å². The van der Waals surface area contributed by atoms with Crippen molar-refractivity contribution in [1.29, 1.82) is 0 Å². The fourth-order valence-corrected chi connectivity index (χ4v) is 3.42. The number of rotatable bonds is 1. The number of imidazole rings is 1.